The van der Waals surface area contributed by atoms with Gasteiger partial charge in [-0.05, 0) is 36.7 Å². The van der Waals surface area contributed by atoms with Crippen LogP contribution in [0.1, 0.15) is 57.4 Å². The third kappa shape index (κ3) is 5.09. The van der Waals surface area contributed by atoms with Crippen LogP contribution in [0.5, 0.6) is 0 Å². The summed E-state index contributed by atoms with van der Waals surface area (Å²) in [6.07, 6.45) is 7.31. The molecule has 0 radical (unpaired) electrons. The number of rotatable bonds is 7. The summed E-state index contributed by atoms with van der Waals surface area (Å²) in [4.78, 5) is 11.5. The highest BCUT2D eigenvalue weighted by Gasteiger charge is 2.30. The molecule has 20 heavy (non-hydrogen) atoms. The van der Waals surface area contributed by atoms with Gasteiger partial charge in [-0.25, -0.2) is 0 Å². The lowest BCUT2D eigenvalue weighted by Gasteiger charge is -2.32. The van der Waals surface area contributed by atoms with E-state index in [4.69, 9.17) is 4.74 Å². The van der Waals surface area contributed by atoms with Crippen LogP contribution in [0, 0.1) is 5.41 Å². The largest absolute Gasteiger partial charge is 0.377 e. The van der Waals surface area contributed by atoms with Gasteiger partial charge in [0.25, 0.3) is 0 Å². The Morgan fingerprint density at radius 1 is 1.20 bits per heavy atom. The van der Waals surface area contributed by atoms with Crippen LogP contribution in [0.2, 0.25) is 0 Å². The van der Waals surface area contributed by atoms with E-state index in [1.54, 1.807) is 0 Å². The number of carbonyl (C=O) groups is 1. The normalized spacial score (nSPS) is 22.9. The highest BCUT2D eigenvalue weighted by molar-refractivity contribution is 5.79. The van der Waals surface area contributed by atoms with Gasteiger partial charge in [0.2, 0.25) is 0 Å². The average molecular weight is 274 g/mol. The maximum Gasteiger partial charge on any atom is 0.133 e. The van der Waals surface area contributed by atoms with Crippen molar-refractivity contribution in [2.24, 2.45) is 5.41 Å². The first-order valence-electron chi connectivity index (χ1n) is 7.81. The van der Waals surface area contributed by atoms with Crippen LogP contribution in [0.25, 0.3) is 0 Å². The Hall–Kier alpha value is -1.15. The van der Waals surface area contributed by atoms with Gasteiger partial charge in [-0.15, -0.1) is 0 Å². The molecule has 0 bridgehead atoms. The summed E-state index contributed by atoms with van der Waals surface area (Å²) in [5.41, 5.74) is 1.49. The summed E-state index contributed by atoms with van der Waals surface area (Å²) < 4.78 is 5.70. The SMILES string of the molecule is C[C@]1(CCCCOCc2ccccc2)CCCC(=O)C1. The van der Waals surface area contributed by atoms with E-state index < -0.39 is 0 Å². The molecule has 1 saturated carbocycles. The van der Waals surface area contributed by atoms with Crippen molar-refractivity contribution in [1.82, 2.24) is 0 Å². The van der Waals surface area contributed by atoms with Crippen molar-refractivity contribution in [3.8, 4) is 0 Å². The first kappa shape index (κ1) is 15.2. The molecule has 1 aromatic carbocycles. The first-order valence-corrected chi connectivity index (χ1v) is 7.81. The second kappa shape index (κ2) is 7.58. The van der Waals surface area contributed by atoms with Crippen LogP contribution in [0.3, 0.4) is 0 Å². The maximum absolute atomic E-state index is 11.5. The molecule has 0 aromatic heterocycles. The highest BCUT2D eigenvalue weighted by atomic mass is 16.5. The van der Waals surface area contributed by atoms with E-state index in [0.29, 0.717) is 12.4 Å². The molecule has 1 aromatic rings. The Labute approximate surface area is 122 Å². The zero-order valence-electron chi connectivity index (χ0n) is 12.6. The molecule has 0 saturated heterocycles. The van der Waals surface area contributed by atoms with Crippen molar-refractivity contribution in [3.63, 3.8) is 0 Å². The zero-order valence-corrected chi connectivity index (χ0v) is 12.6. The molecule has 2 heteroatoms. The number of ketones is 1. The molecule has 0 aliphatic heterocycles. The Morgan fingerprint density at radius 3 is 2.75 bits per heavy atom. The van der Waals surface area contributed by atoms with Gasteiger partial charge in [0.15, 0.2) is 0 Å². The predicted molar refractivity (Wildman–Crippen MR) is 81.5 cm³/mol. The lowest BCUT2D eigenvalue weighted by atomic mass is 9.72. The van der Waals surface area contributed by atoms with E-state index in [-0.39, 0.29) is 5.41 Å². The van der Waals surface area contributed by atoms with Gasteiger partial charge in [0.05, 0.1) is 6.61 Å². The van der Waals surface area contributed by atoms with E-state index in [0.717, 1.165) is 38.7 Å². The van der Waals surface area contributed by atoms with E-state index in [1.807, 2.05) is 18.2 Å². The lowest BCUT2D eigenvalue weighted by molar-refractivity contribution is -0.123. The monoisotopic (exact) mass is 274 g/mol. The van der Waals surface area contributed by atoms with E-state index >= 15 is 0 Å². The van der Waals surface area contributed by atoms with E-state index in [1.165, 1.54) is 18.4 Å². The second-order valence-electron chi connectivity index (χ2n) is 6.37. The molecule has 0 amide bonds. The van der Waals surface area contributed by atoms with Crippen LogP contribution in [-0.2, 0) is 16.1 Å². The van der Waals surface area contributed by atoms with Crippen LogP contribution in [0.15, 0.2) is 30.3 Å². The van der Waals surface area contributed by atoms with Crippen molar-refractivity contribution < 1.29 is 9.53 Å². The Morgan fingerprint density at radius 2 is 2.00 bits per heavy atom. The van der Waals surface area contributed by atoms with Crippen LogP contribution >= 0.6 is 0 Å². The minimum atomic E-state index is 0.259. The maximum atomic E-state index is 11.5. The van der Waals surface area contributed by atoms with Gasteiger partial charge < -0.3 is 4.74 Å². The molecule has 0 heterocycles. The number of hydrogen-bond donors (Lipinski definition) is 0. The molecule has 2 nitrogen and oxygen atoms in total. The van der Waals surface area contributed by atoms with Crippen LogP contribution in [-0.4, -0.2) is 12.4 Å². The summed E-state index contributed by atoms with van der Waals surface area (Å²) in [7, 11) is 0. The molecule has 1 aliphatic carbocycles. The standard InChI is InChI=1S/C18H26O2/c1-18(12-7-10-17(19)14-18)11-5-6-13-20-15-16-8-3-2-4-9-16/h2-4,8-9H,5-7,10-15H2,1H3/t18-/m0/s1. The first-order chi connectivity index (χ1) is 9.68. The molecular formula is C18H26O2. The smallest absolute Gasteiger partial charge is 0.133 e. The van der Waals surface area contributed by atoms with Crippen molar-refractivity contribution in [2.45, 2.75) is 58.5 Å². The van der Waals surface area contributed by atoms with Gasteiger partial charge >= 0.3 is 0 Å². The van der Waals surface area contributed by atoms with Crippen molar-refractivity contribution in [3.05, 3.63) is 35.9 Å². The molecule has 0 unspecified atom stereocenters. The Balaban J connectivity index is 1.56. The molecule has 1 aliphatic rings. The molecule has 1 atom stereocenters. The number of ether oxygens (including phenoxy) is 1. The quantitative estimate of drug-likeness (QED) is 0.683. The number of unbranched alkanes of at least 4 members (excludes halogenated alkanes) is 1. The molecular weight excluding hydrogens is 248 g/mol. The highest BCUT2D eigenvalue weighted by Crippen LogP contribution is 2.38. The third-order valence-electron chi connectivity index (χ3n) is 4.29. The summed E-state index contributed by atoms with van der Waals surface area (Å²) in [5, 5.41) is 0. The fourth-order valence-corrected chi connectivity index (χ4v) is 3.10. The minimum Gasteiger partial charge on any atom is -0.377 e. The minimum absolute atomic E-state index is 0.259. The molecule has 0 N–H and O–H groups in total. The van der Waals surface area contributed by atoms with Crippen molar-refractivity contribution in [2.75, 3.05) is 6.61 Å². The van der Waals surface area contributed by atoms with Crippen LogP contribution < -0.4 is 0 Å². The van der Waals surface area contributed by atoms with Crippen molar-refractivity contribution >= 4 is 5.78 Å². The average Bonchev–Trinajstić information content (AvgIpc) is 2.43. The Bertz CT molecular complexity index is 413. The fraction of sp³-hybridized carbons (Fsp3) is 0.611. The topological polar surface area (TPSA) is 26.3 Å². The lowest BCUT2D eigenvalue weighted by Crippen LogP contribution is -2.25. The Kier molecular flexibility index (Phi) is 5.78. The zero-order chi connectivity index (χ0) is 14.3. The number of benzene rings is 1. The van der Waals surface area contributed by atoms with Gasteiger partial charge in [0, 0.05) is 19.4 Å². The molecule has 110 valence electrons. The molecule has 1 fully saturated rings. The van der Waals surface area contributed by atoms with Gasteiger partial charge in [-0.1, -0.05) is 43.7 Å². The predicted octanol–water partition coefficient (Wildman–Crippen LogP) is 4.52. The second-order valence-corrected chi connectivity index (χ2v) is 6.37. The summed E-state index contributed by atoms with van der Waals surface area (Å²) >= 11 is 0. The molecule has 0 spiro atoms. The van der Waals surface area contributed by atoms with Crippen LogP contribution in [0.4, 0.5) is 0 Å². The van der Waals surface area contributed by atoms with E-state index in [9.17, 15) is 4.79 Å². The van der Waals surface area contributed by atoms with Gasteiger partial charge in [-0.2, -0.15) is 0 Å². The number of hydrogen-bond acceptors (Lipinski definition) is 2. The summed E-state index contributed by atoms with van der Waals surface area (Å²) in [6, 6.07) is 10.3. The number of Topliss-reactive ketones (excluding diaryl/α,β-unsaturated/α-hetero) is 1. The number of carbonyl (C=O) groups excluding carboxylic acids is 1. The van der Waals surface area contributed by atoms with E-state index in [2.05, 4.69) is 19.1 Å². The third-order valence-corrected chi connectivity index (χ3v) is 4.29. The molecule has 2 rings (SSSR count). The van der Waals surface area contributed by atoms with Gasteiger partial charge in [0.1, 0.15) is 5.78 Å². The summed E-state index contributed by atoms with van der Waals surface area (Å²) in [5.74, 6) is 0.457. The fourth-order valence-electron chi connectivity index (χ4n) is 3.10. The van der Waals surface area contributed by atoms with Crippen molar-refractivity contribution in [1.29, 1.82) is 0 Å². The summed E-state index contributed by atoms with van der Waals surface area (Å²) in [6.45, 7) is 3.80. The van der Waals surface area contributed by atoms with Gasteiger partial charge in [-0.3, -0.25) is 4.79 Å².